The van der Waals surface area contributed by atoms with Crippen molar-refractivity contribution in [2.75, 3.05) is 0 Å². The zero-order chi connectivity index (χ0) is 5.86. The standard InChI is InChI=1S/C6H14O/c1-4-6(7)5(2)3/h5-7H,4H2,1-3H3/t6-/m1/s1. The van der Waals surface area contributed by atoms with Crippen LogP contribution in [0.2, 0.25) is 0 Å². The average molecular weight is 102 g/mol. The van der Waals surface area contributed by atoms with Gasteiger partial charge in [0.15, 0.2) is 0 Å². The highest BCUT2D eigenvalue weighted by Gasteiger charge is 2.03. The van der Waals surface area contributed by atoms with E-state index in [1.165, 1.54) is 0 Å². The Kier molecular flexibility index (Phi) is 3.01. The van der Waals surface area contributed by atoms with Gasteiger partial charge in [0.2, 0.25) is 0 Å². The van der Waals surface area contributed by atoms with Gasteiger partial charge in [0, 0.05) is 0 Å². The minimum absolute atomic E-state index is 0.0972. The zero-order valence-electron chi connectivity index (χ0n) is 5.31. The molecule has 0 radical (unpaired) electrons. The molecular formula is C6H14O. The quantitative estimate of drug-likeness (QED) is 0.559. The molecule has 0 aliphatic rings. The van der Waals surface area contributed by atoms with E-state index >= 15 is 0 Å². The summed E-state index contributed by atoms with van der Waals surface area (Å²) in [5.41, 5.74) is 0. The molecule has 0 saturated heterocycles. The maximum absolute atomic E-state index is 8.94. The van der Waals surface area contributed by atoms with Crippen molar-refractivity contribution in [2.45, 2.75) is 33.3 Å². The Morgan fingerprint density at radius 3 is 1.86 bits per heavy atom. The second-order valence-electron chi connectivity index (χ2n) is 2.22. The summed E-state index contributed by atoms with van der Waals surface area (Å²) in [7, 11) is 0. The molecule has 0 unspecified atom stereocenters. The zero-order valence-corrected chi connectivity index (χ0v) is 5.31. The van der Waals surface area contributed by atoms with Gasteiger partial charge < -0.3 is 5.11 Å². The Labute approximate surface area is 45.4 Å². The molecule has 0 aromatic rings. The van der Waals surface area contributed by atoms with Crippen LogP contribution in [-0.2, 0) is 0 Å². The van der Waals surface area contributed by atoms with E-state index in [1.54, 1.807) is 0 Å². The first-order chi connectivity index (χ1) is 3.18. The van der Waals surface area contributed by atoms with E-state index in [2.05, 4.69) is 0 Å². The molecule has 0 amide bonds. The van der Waals surface area contributed by atoms with Crippen molar-refractivity contribution < 1.29 is 5.11 Å². The molecule has 1 atom stereocenters. The highest BCUT2D eigenvalue weighted by atomic mass is 16.3. The molecule has 0 bridgehead atoms. The molecule has 0 aliphatic carbocycles. The summed E-state index contributed by atoms with van der Waals surface area (Å²) in [5, 5.41) is 8.94. The van der Waals surface area contributed by atoms with Crippen molar-refractivity contribution >= 4 is 0 Å². The van der Waals surface area contributed by atoms with Crippen LogP contribution in [0.4, 0.5) is 0 Å². The molecule has 0 saturated carbocycles. The maximum atomic E-state index is 8.94. The number of hydrogen-bond donors (Lipinski definition) is 1. The second-order valence-corrected chi connectivity index (χ2v) is 2.22. The topological polar surface area (TPSA) is 20.2 Å². The SMILES string of the molecule is CC[C@@H](O)C(C)C. The lowest BCUT2D eigenvalue weighted by molar-refractivity contribution is 0.121. The number of aliphatic hydroxyl groups is 1. The van der Waals surface area contributed by atoms with Gasteiger partial charge in [-0.25, -0.2) is 0 Å². The second kappa shape index (κ2) is 3.03. The van der Waals surface area contributed by atoms with E-state index in [9.17, 15) is 0 Å². The third kappa shape index (κ3) is 2.63. The Morgan fingerprint density at radius 1 is 1.43 bits per heavy atom. The van der Waals surface area contributed by atoms with Gasteiger partial charge in [0.25, 0.3) is 0 Å². The molecular weight excluding hydrogens is 88.1 g/mol. The van der Waals surface area contributed by atoms with Crippen LogP contribution in [0, 0.1) is 5.92 Å². The Morgan fingerprint density at radius 2 is 1.86 bits per heavy atom. The lowest BCUT2D eigenvalue weighted by atomic mass is 10.1. The molecule has 0 aromatic carbocycles. The molecule has 1 nitrogen and oxygen atoms in total. The fourth-order valence-electron chi connectivity index (χ4n) is 0.471. The van der Waals surface area contributed by atoms with E-state index in [0.29, 0.717) is 5.92 Å². The van der Waals surface area contributed by atoms with Crippen LogP contribution in [-0.4, -0.2) is 11.2 Å². The van der Waals surface area contributed by atoms with Gasteiger partial charge in [-0.1, -0.05) is 20.8 Å². The van der Waals surface area contributed by atoms with E-state index in [1.807, 2.05) is 20.8 Å². The first-order valence-corrected chi connectivity index (χ1v) is 2.86. The van der Waals surface area contributed by atoms with Gasteiger partial charge in [-0.05, 0) is 12.3 Å². The maximum Gasteiger partial charge on any atom is 0.0560 e. The first-order valence-electron chi connectivity index (χ1n) is 2.86. The molecule has 0 heterocycles. The van der Waals surface area contributed by atoms with Crippen molar-refractivity contribution in [3.63, 3.8) is 0 Å². The summed E-state index contributed by atoms with van der Waals surface area (Å²) in [4.78, 5) is 0. The van der Waals surface area contributed by atoms with Gasteiger partial charge >= 0.3 is 0 Å². The van der Waals surface area contributed by atoms with Crippen LogP contribution in [0.1, 0.15) is 27.2 Å². The van der Waals surface area contributed by atoms with Crippen LogP contribution < -0.4 is 0 Å². The average Bonchev–Trinajstić information content (AvgIpc) is 1.65. The molecule has 0 rings (SSSR count). The van der Waals surface area contributed by atoms with Crippen LogP contribution >= 0.6 is 0 Å². The largest absolute Gasteiger partial charge is 0.393 e. The molecule has 0 aliphatic heterocycles. The summed E-state index contributed by atoms with van der Waals surface area (Å²) >= 11 is 0. The minimum atomic E-state index is -0.0972. The summed E-state index contributed by atoms with van der Waals surface area (Å²) < 4.78 is 0. The fraction of sp³-hybridized carbons (Fsp3) is 1.00. The predicted octanol–water partition coefficient (Wildman–Crippen LogP) is 1.41. The first kappa shape index (κ1) is 6.96. The van der Waals surface area contributed by atoms with Crippen molar-refractivity contribution in [2.24, 2.45) is 5.92 Å². The summed E-state index contributed by atoms with van der Waals surface area (Å²) in [6.45, 7) is 6.03. The van der Waals surface area contributed by atoms with Gasteiger partial charge in [-0.3, -0.25) is 0 Å². The van der Waals surface area contributed by atoms with Crippen molar-refractivity contribution in [3.8, 4) is 0 Å². The van der Waals surface area contributed by atoms with E-state index in [4.69, 9.17) is 5.11 Å². The lowest BCUT2D eigenvalue weighted by Gasteiger charge is -2.09. The van der Waals surface area contributed by atoms with Crippen LogP contribution in [0.15, 0.2) is 0 Å². The monoisotopic (exact) mass is 102 g/mol. The fourth-order valence-corrected chi connectivity index (χ4v) is 0.471. The van der Waals surface area contributed by atoms with Gasteiger partial charge in [-0.15, -0.1) is 0 Å². The van der Waals surface area contributed by atoms with Crippen molar-refractivity contribution in [3.05, 3.63) is 0 Å². The van der Waals surface area contributed by atoms with Crippen LogP contribution in [0.25, 0.3) is 0 Å². The molecule has 0 spiro atoms. The Bertz CT molecular complexity index is 41.4. The van der Waals surface area contributed by atoms with E-state index < -0.39 is 0 Å². The number of hydrogen-bond acceptors (Lipinski definition) is 1. The summed E-state index contributed by atoms with van der Waals surface area (Å²) in [6.07, 6.45) is 0.775. The normalized spacial score (nSPS) is 15.0. The van der Waals surface area contributed by atoms with Gasteiger partial charge in [0.05, 0.1) is 6.10 Å². The van der Waals surface area contributed by atoms with Gasteiger partial charge in [-0.2, -0.15) is 0 Å². The van der Waals surface area contributed by atoms with E-state index in [-0.39, 0.29) is 6.10 Å². The van der Waals surface area contributed by atoms with Gasteiger partial charge in [0.1, 0.15) is 0 Å². The molecule has 7 heavy (non-hydrogen) atoms. The van der Waals surface area contributed by atoms with Crippen molar-refractivity contribution in [1.29, 1.82) is 0 Å². The molecule has 0 aromatic heterocycles. The van der Waals surface area contributed by atoms with E-state index in [0.717, 1.165) is 6.42 Å². The number of aliphatic hydroxyl groups excluding tert-OH is 1. The van der Waals surface area contributed by atoms with Crippen LogP contribution in [0.5, 0.6) is 0 Å². The van der Waals surface area contributed by atoms with Crippen molar-refractivity contribution in [1.82, 2.24) is 0 Å². The highest BCUT2D eigenvalue weighted by molar-refractivity contribution is 4.54. The third-order valence-electron chi connectivity index (χ3n) is 1.19. The Balaban J connectivity index is 3.14. The minimum Gasteiger partial charge on any atom is -0.393 e. The lowest BCUT2D eigenvalue weighted by Crippen LogP contribution is -2.11. The molecule has 1 N–H and O–H groups in total. The third-order valence-corrected chi connectivity index (χ3v) is 1.19. The summed E-state index contributed by atoms with van der Waals surface area (Å²) in [5.74, 6) is 0.421. The molecule has 0 fully saturated rings. The predicted molar refractivity (Wildman–Crippen MR) is 31.1 cm³/mol. The Hall–Kier alpha value is -0.0400. The molecule has 44 valence electrons. The smallest absolute Gasteiger partial charge is 0.0560 e. The summed E-state index contributed by atoms with van der Waals surface area (Å²) in [6, 6.07) is 0. The highest BCUT2D eigenvalue weighted by Crippen LogP contribution is 2.02. The van der Waals surface area contributed by atoms with Crippen LogP contribution in [0.3, 0.4) is 0 Å². The number of rotatable bonds is 2. The molecule has 1 heteroatoms.